The molecule has 0 unspecified atom stereocenters. The van der Waals surface area contributed by atoms with Crippen LogP contribution < -0.4 is 10.6 Å². The first kappa shape index (κ1) is 28.8. The Morgan fingerprint density at radius 3 is 2.33 bits per heavy atom. The number of benzene rings is 2. The molecular weight excluding hydrogens is 589 g/mol. The number of hydrogen-bond donors (Lipinski definition) is 3. The zero-order valence-electron chi connectivity index (χ0n) is 22.4. The van der Waals surface area contributed by atoms with Gasteiger partial charge in [0.05, 0.1) is 12.0 Å². The molecule has 5 aliphatic rings. The topological polar surface area (TPSA) is 123 Å². The summed E-state index contributed by atoms with van der Waals surface area (Å²) in [7, 11) is 0. The Morgan fingerprint density at radius 2 is 1.76 bits per heavy atom. The molecule has 220 valence electrons. The van der Waals surface area contributed by atoms with Crippen LogP contribution in [0.2, 0.25) is 10.0 Å². The average Bonchev–Trinajstić information content (AvgIpc) is 3.20. The SMILES string of the molecule is N#C[C@@H](C[C@@H]1CCCNC1=O)NC(=O)[C@H]1[C@@H]2CC[C@@H](CC2(F)F)N1C(=O)C1(O)c2cc(Cl)ccc2-c2ccc(Cl)cc21. The van der Waals surface area contributed by atoms with Crippen molar-refractivity contribution < 1.29 is 28.3 Å². The maximum atomic E-state index is 15.3. The smallest absolute Gasteiger partial charge is 0.264 e. The molecule has 5 atom stereocenters. The molecule has 2 aromatic rings. The number of hydrogen-bond acceptors (Lipinski definition) is 5. The van der Waals surface area contributed by atoms with Gasteiger partial charge in [0.1, 0.15) is 12.1 Å². The second kappa shape index (κ2) is 10.5. The molecule has 0 spiro atoms. The molecule has 3 saturated heterocycles. The van der Waals surface area contributed by atoms with Gasteiger partial charge in [-0.15, -0.1) is 0 Å². The van der Waals surface area contributed by atoms with E-state index in [1.54, 1.807) is 24.3 Å². The van der Waals surface area contributed by atoms with Gasteiger partial charge >= 0.3 is 0 Å². The van der Waals surface area contributed by atoms with Gasteiger partial charge in [0.25, 0.3) is 11.8 Å². The number of carbonyl (C=O) groups is 3. The molecule has 8 nitrogen and oxygen atoms in total. The van der Waals surface area contributed by atoms with Gasteiger partial charge < -0.3 is 20.6 Å². The van der Waals surface area contributed by atoms with E-state index in [1.807, 2.05) is 6.07 Å². The van der Waals surface area contributed by atoms with Crippen LogP contribution in [-0.2, 0) is 20.0 Å². The van der Waals surface area contributed by atoms with Crippen molar-refractivity contribution in [1.29, 1.82) is 5.26 Å². The van der Waals surface area contributed by atoms with E-state index in [1.165, 1.54) is 12.1 Å². The molecular formula is C30H28Cl2F2N4O4. The Balaban J connectivity index is 1.38. The van der Waals surface area contributed by atoms with Crippen molar-refractivity contribution in [3.8, 4) is 17.2 Å². The monoisotopic (exact) mass is 616 g/mol. The predicted octanol–water partition coefficient (Wildman–Crippen LogP) is 4.15. The molecule has 3 heterocycles. The minimum absolute atomic E-state index is 0.00889. The number of rotatable bonds is 5. The Morgan fingerprint density at radius 1 is 1.12 bits per heavy atom. The molecule has 4 fully saturated rings. The fourth-order valence-electron chi connectivity index (χ4n) is 7.21. The van der Waals surface area contributed by atoms with E-state index < -0.39 is 59.7 Å². The van der Waals surface area contributed by atoms with Gasteiger partial charge in [-0.25, -0.2) is 8.78 Å². The third-order valence-electron chi connectivity index (χ3n) is 9.17. The summed E-state index contributed by atoms with van der Waals surface area (Å²) in [6.45, 7) is 0.530. The number of carbonyl (C=O) groups excluding carboxylic acids is 3. The molecule has 2 aliphatic carbocycles. The summed E-state index contributed by atoms with van der Waals surface area (Å²) in [5.41, 5.74) is -0.942. The number of aliphatic hydroxyl groups is 1. The molecule has 2 bridgehead atoms. The summed E-state index contributed by atoms with van der Waals surface area (Å²) in [5, 5.41) is 27.8. The highest BCUT2D eigenvalue weighted by atomic mass is 35.5. The Bertz CT molecular complexity index is 1480. The number of halogens is 4. The van der Waals surface area contributed by atoms with E-state index in [-0.39, 0.29) is 46.3 Å². The van der Waals surface area contributed by atoms with Gasteiger partial charge in [-0.3, -0.25) is 14.4 Å². The number of alkyl halides is 2. The summed E-state index contributed by atoms with van der Waals surface area (Å²) in [4.78, 5) is 41.7. The minimum atomic E-state index is -3.24. The fourth-order valence-corrected chi connectivity index (χ4v) is 7.55. The standard InChI is InChI=1S/C30H28Cl2F2N4O4/c31-16-3-6-20-21-7-4-17(32)12-24(21)30(42,23(20)11-16)28(41)38-19-5-8-22(29(33,34)13-19)25(38)27(40)37-18(14-35)10-15-2-1-9-36-26(15)39/h3-4,6-7,11-12,15,18-19,22,25,42H,1-2,5,8-10,13H2,(H,36,39)(H,37,40)/t15-,18+,19-,22-,25+/m0/s1. The van der Waals surface area contributed by atoms with Crippen molar-refractivity contribution in [2.24, 2.45) is 11.8 Å². The number of amides is 3. The van der Waals surface area contributed by atoms with E-state index in [0.29, 0.717) is 24.1 Å². The summed E-state index contributed by atoms with van der Waals surface area (Å²) < 4.78 is 30.6. The number of piperidine rings is 3. The van der Waals surface area contributed by atoms with Crippen molar-refractivity contribution in [3.63, 3.8) is 0 Å². The summed E-state index contributed by atoms with van der Waals surface area (Å²) in [6, 6.07) is 7.61. The summed E-state index contributed by atoms with van der Waals surface area (Å²) >= 11 is 12.5. The lowest BCUT2D eigenvalue weighted by atomic mass is 9.70. The van der Waals surface area contributed by atoms with E-state index in [9.17, 15) is 24.8 Å². The first-order chi connectivity index (χ1) is 20.0. The quantitative estimate of drug-likeness (QED) is 0.466. The van der Waals surface area contributed by atoms with E-state index >= 15 is 8.78 Å². The molecule has 0 aromatic heterocycles. The molecule has 7 rings (SSSR count). The highest BCUT2D eigenvalue weighted by Gasteiger charge is 2.63. The Hall–Kier alpha value is -3.26. The number of nitriles is 1. The molecule has 0 radical (unpaired) electrons. The summed E-state index contributed by atoms with van der Waals surface area (Å²) in [6.07, 6.45) is 0.831. The van der Waals surface area contributed by atoms with Crippen LogP contribution in [0.5, 0.6) is 0 Å². The number of nitrogens with zero attached hydrogens (tertiary/aromatic N) is 2. The minimum Gasteiger partial charge on any atom is -0.372 e. The van der Waals surface area contributed by atoms with Crippen LogP contribution in [0.1, 0.15) is 49.7 Å². The van der Waals surface area contributed by atoms with Gasteiger partial charge in [0.2, 0.25) is 11.8 Å². The van der Waals surface area contributed by atoms with Gasteiger partial charge in [0.15, 0.2) is 5.60 Å². The highest BCUT2D eigenvalue weighted by Crippen LogP contribution is 2.54. The van der Waals surface area contributed by atoms with Crippen molar-refractivity contribution in [2.75, 3.05) is 6.54 Å². The Kier molecular flexibility index (Phi) is 7.19. The normalized spacial score (nSPS) is 27.3. The van der Waals surface area contributed by atoms with Crippen molar-refractivity contribution in [1.82, 2.24) is 15.5 Å². The second-order valence-corrected chi connectivity index (χ2v) is 12.5. The highest BCUT2D eigenvalue weighted by molar-refractivity contribution is 6.31. The number of fused-ring (bicyclic) bond motifs is 6. The first-order valence-corrected chi connectivity index (χ1v) is 14.7. The molecule has 3 N–H and O–H groups in total. The van der Waals surface area contributed by atoms with Crippen LogP contribution in [0.25, 0.3) is 11.1 Å². The second-order valence-electron chi connectivity index (χ2n) is 11.6. The zero-order valence-corrected chi connectivity index (χ0v) is 23.9. The van der Waals surface area contributed by atoms with Crippen LogP contribution in [0.4, 0.5) is 8.78 Å². The predicted molar refractivity (Wildman–Crippen MR) is 150 cm³/mol. The third kappa shape index (κ3) is 4.53. The zero-order chi connectivity index (χ0) is 30.0. The van der Waals surface area contributed by atoms with Crippen molar-refractivity contribution in [2.45, 2.75) is 68.2 Å². The van der Waals surface area contributed by atoms with Crippen LogP contribution in [0, 0.1) is 23.2 Å². The largest absolute Gasteiger partial charge is 0.372 e. The lowest BCUT2D eigenvalue weighted by molar-refractivity contribution is -0.201. The van der Waals surface area contributed by atoms with Crippen LogP contribution in [0.15, 0.2) is 36.4 Å². The van der Waals surface area contributed by atoms with Crippen molar-refractivity contribution >= 4 is 40.9 Å². The molecule has 42 heavy (non-hydrogen) atoms. The molecule has 1 saturated carbocycles. The van der Waals surface area contributed by atoms with Crippen molar-refractivity contribution in [3.05, 3.63) is 57.6 Å². The van der Waals surface area contributed by atoms with Gasteiger partial charge in [0, 0.05) is 46.1 Å². The van der Waals surface area contributed by atoms with E-state index in [4.69, 9.17) is 23.2 Å². The van der Waals surface area contributed by atoms with Gasteiger partial charge in [-0.2, -0.15) is 5.26 Å². The molecule has 12 heteroatoms. The lowest BCUT2D eigenvalue weighted by Crippen LogP contribution is -2.70. The van der Waals surface area contributed by atoms with E-state index in [2.05, 4.69) is 10.6 Å². The Labute approximate surface area is 251 Å². The fraction of sp³-hybridized carbons (Fsp3) is 0.467. The third-order valence-corrected chi connectivity index (χ3v) is 9.64. The lowest BCUT2D eigenvalue weighted by Gasteiger charge is -2.54. The van der Waals surface area contributed by atoms with Crippen LogP contribution >= 0.6 is 23.2 Å². The maximum absolute atomic E-state index is 15.3. The maximum Gasteiger partial charge on any atom is 0.264 e. The average molecular weight is 617 g/mol. The molecule has 3 aliphatic heterocycles. The number of nitrogens with one attached hydrogen (secondary N) is 2. The van der Waals surface area contributed by atoms with E-state index in [0.717, 1.165) is 11.3 Å². The first-order valence-electron chi connectivity index (χ1n) is 14.0. The van der Waals surface area contributed by atoms with Crippen LogP contribution in [-0.4, -0.2) is 58.3 Å². The molecule has 3 amide bonds. The van der Waals surface area contributed by atoms with Gasteiger partial charge in [-0.1, -0.05) is 35.3 Å². The molecule has 2 aromatic carbocycles. The summed E-state index contributed by atoms with van der Waals surface area (Å²) in [5.74, 6) is -7.35. The van der Waals surface area contributed by atoms with Gasteiger partial charge in [-0.05, 0) is 67.5 Å². The van der Waals surface area contributed by atoms with Crippen LogP contribution in [0.3, 0.4) is 0 Å².